The first-order chi connectivity index (χ1) is 10.3. The topological polar surface area (TPSA) is 71.7 Å². The van der Waals surface area contributed by atoms with Crippen LogP contribution in [0.3, 0.4) is 0 Å². The third-order valence-electron chi connectivity index (χ3n) is 3.02. The highest BCUT2D eigenvalue weighted by molar-refractivity contribution is 5.55. The zero-order chi connectivity index (χ0) is 14.7. The number of benzene rings is 1. The van der Waals surface area contributed by atoms with Crippen molar-refractivity contribution in [2.75, 3.05) is 11.9 Å². The lowest BCUT2D eigenvalue weighted by atomic mass is 10.2. The van der Waals surface area contributed by atoms with Gasteiger partial charge in [-0.15, -0.1) is 0 Å². The Morgan fingerprint density at radius 3 is 2.81 bits per heavy atom. The molecule has 0 atom stereocenters. The van der Waals surface area contributed by atoms with E-state index in [1.54, 1.807) is 18.3 Å². The number of hydrogen-bond donors (Lipinski definition) is 2. The molecule has 0 aliphatic carbocycles. The van der Waals surface area contributed by atoms with Gasteiger partial charge in [-0.1, -0.05) is 12.1 Å². The van der Waals surface area contributed by atoms with E-state index in [0.29, 0.717) is 17.3 Å². The van der Waals surface area contributed by atoms with E-state index in [1.165, 1.54) is 0 Å². The van der Waals surface area contributed by atoms with Crippen molar-refractivity contribution in [2.45, 2.75) is 13.5 Å². The number of hydrogen-bond acceptors (Lipinski definition) is 5. The molecule has 0 saturated heterocycles. The smallest absolute Gasteiger partial charge is 0.265 e. The Labute approximate surface area is 122 Å². The fourth-order valence-electron chi connectivity index (χ4n) is 2.01. The van der Waals surface area contributed by atoms with Crippen LogP contribution in [0.4, 0.5) is 5.82 Å². The molecule has 6 nitrogen and oxygen atoms in total. The first kappa shape index (κ1) is 13.4. The lowest BCUT2D eigenvalue weighted by molar-refractivity contribution is 0.281. The van der Waals surface area contributed by atoms with Crippen LogP contribution >= 0.6 is 0 Å². The zero-order valence-corrected chi connectivity index (χ0v) is 11.7. The molecule has 0 spiro atoms. The molecule has 3 rings (SSSR count). The predicted molar refractivity (Wildman–Crippen MR) is 79.6 cm³/mol. The molecule has 0 saturated carbocycles. The SMILES string of the molecule is CCNc1cn2ccnc2c(Oc2ccc(CO)cc2)n1. The number of ether oxygens (including phenoxy) is 1. The third-order valence-corrected chi connectivity index (χ3v) is 3.02. The third kappa shape index (κ3) is 2.80. The van der Waals surface area contributed by atoms with Gasteiger partial charge in [0.15, 0.2) is 0 Å². The average Bonchev–Trinajstić information content (AvgIpc) is 2.97. The Bertz CT molecular complexity index is 737. The number of aliphatic hydroxyl groups excluding tert-OH is 1. The van der Waals surface area contributed by atoms with Gasteiger partial charge in [0.2, 0.25) is 5.65 Å². The van der Waals surface area contributed by atoms with E-state index >= 15 is 0 Å². The molecular weight excluding hydrogens is 268 g/mol. The van der Waals surface area contributed by atoms with Crippen LogP contribution in [0, 0.1) is 0 Å². The van der Waals surface area contributed by atoms with Gasteiger partial charge in [-0.3, -0.25) is 4.40 Å². The summed E-state index contributed by atoms with van der Waals surface area (Å²) in [7, 11) is 0. The first-order valence-electron chi connectivity index (χ1n) is 6.75. The number of anilines is 1. The van der Waals surface area contributed by atoms with Crippen molar-refractivity contribution >= 4 is 11.5 Å². The van der Waals surface area contributed by atoms with Crippen molar-refractivity contribution < 1.29 is 9.84 Å². The maximum Gasteiger partial charge on any atom is 0.265 e. The highest BCUT2D eigenvalue weighted by atomic mass is 16.5. The molecule has 0 unspecified atom stereocenters. The second-order valence-corrected chi connectivity index (χ2v) is 4.52. The molecule has 2 N–H and O–H groups in total. The van der Waals surface area contributed by atoms with Gasteiger partial charge in [0, 0.05) is 18.9 Å². The van der Waals surface area contributed by atoms with Crippen molar-refractivity contribution in [2.24, 2.45) is 0 Å². The molecule has 108 valence electrons. The Kier molecular flexibility index (Phi) is 3.70. The van der Waals surface area contributed by atoms with Crippen LogP contribution in [0.2, 0.25) is 0 Å². The fraction of sp³-hybridized carbons (Fsp3) is 0.200. The summed E-state index contributed by atoms with van der Waals surface area (Å²) in [4.78, 5) is 8.69. The molecule has 3 aromatic rings. The maximum absolute atomic E-state index is 9.05. The molecule has 0 bridgehead atoms. The molecular formula is C15H16N4O2. The van der Waals surface area contributed by atoms with Crippen molar-refractivity contribution in [3.63, 3.8) is 0 Å². The molecule has 2 aromatic heterocycles. The van der Waals surface area contributed by atoms with Crippen LogP contribution in [0.5, 0.6) is 11.6 Å². The summed E-state index contributed by atoms with van der Waals surface area (Å²) >= 11 is 0. The van der Waals surface area contributed by atoms with Gasteiger partial charge in [0.05, 0.1) is 12.8 Å². The van der Waals surface area contributed by atoms with Crippen LogP contribution in [0.1, 0.15) is 12.5 Å². The minimum Gasteiger partial charge on any atom is -0.436 e. The first-order valence-corrected chi connectivity index (χ1v) is 6.75. The molecule has 21 heavy (non-hydrogen) atoms. The second-order valence-electron chi connectivity index (χ2n) is 4.52. The Morgan fingerprint density at radius 1 is 1.29 bits per heavy atom. The van der Waals surface area contributed by atoms with E-state index in [4.69, 9.17) is 9.84 Å². The number of imidazole rings is 1. The van der Waals surface area contributed by atoms with E-state index in [2.05, 4.69) is 15.3 Å². The summed E-state index contributed by atoms with van der Waals surface area (Å²) < 4.78 is 7.68. The normalized spacial score (nSPS) is 10.8. The lowest BCUT2D eigenvalue weighted by Gasteiger charge is -2.09. The second kappa shape index (κ2) is 5.80. The largest absolute Gasteiger partial charge is 0.436 e. The number of aromatic nitrogens is 3. The van der Waals surface area contributed by atoms with Crippen LogP contribution in [0.25, 0.3) is 5.65 Å². The van der Waals surface area contributed by atoms with Gasteiger partial charge in [0.1, 0.15) is 11.6 Å². The Balaban J connectivity index is 1.95. The summed E-state index contributed by atoms with van der Waals surface area (Å²) in [6, 6.07) is 7.22. The molecule has 6 heteroatoms. The van der Waals surface area contributed by atoms with Gasteiger partial charge < -0.3 is 15.2 Å². The van der Waals surface area contributed by atoms with Crippen molar-refractivity contribution in [1.82, 2.24) is 14.4 Å². The predicted octanol–water partition coefficient (Wildman–Crippen LogP) is 2.45. The van der Waals surface area contributed by atoms with E-state index in [9.17, 15) is 0 Å². The summed E-state index contributed by atoms with van der Waals surface area (Å²) in [5, 5.41) is 12.2. The molecule has 0 aliphatic rings. The molecule has 1 aromatic carbocycles. The molecule has 2 heterocycles. The van der Waals surface area contributed by atoms with E-state index in [1.807, 2.05) is 35.9 Å². The maximum atomic E-state index is 9.05. The van der Waals surface area contributed by atoms with E-state index in [0.717, 1.165) is 17.9 Å². The highest BCUT2D eigenvalue weighted by Crippen LogP contribution is 2.25. The minimum atomic E-state index is 0.0128. The Hall–Kier alpha value is -2.60. The average molecular weight is 284 g/mol. The molecule has 0 radical (unpaired) electrons. The standard InChI is InChI=1S/C15H16N4O2/c1-2-16-13-9-19-8-7-17-14(19)15(18-13)21-12-5-3-11(10-20)4-6-12/h3-9,16,20H,2,10H2,1H3. The number of nitrogens with zero attached hydrogens (tertiary/aromatic N) is 3. The quantitative estimate of drug-likeness (QED) is 0.753. The van der Waals surface area contributed by atoms with Crippen molar-refractivity contribution in [3.8, 4) is 11.6 Å². The number of fused-ring (bicyclic) bond motifs is 1. The summed E-state index contributed by atoms with van der Waals surface area (Å²) in [5.41, 5.74) is 1.49. The van der Waals surface area contributed by atoms with Gasteiger partial charge in [-0.25, -0.2) is 4.98 Å². The van der Waals surface area contributed by atoms with Crippen molar-refractivity contribution in [1.29, 1.82) is 0 Å². The highest BCUT2D eigenvalue weighted by Gasteiger charge is 2.09. The number of rotatable bonds is 5. The van der Waals surface area contributed by atoms with Crippen LogP contribution < -0.4 is 10.1 Å². The van der Waals surface area contributed by atoms with Crippen LogP contribution in [-0.2, 0) is 6.61 Å². The molecule has 0 aliphatic heterocycles. The fourth-order valence-corrected chi connectivity index (χ4v) is 2.01. The van der Waals surface area contributed by atoms with E-state index < -0.39 is 0 Å². The van der Waals surface area contributed by atoms with Crippen LogP contribution in [0.15, 0.2) is 42.9 Å². The van der Waals surface area contributed by atoms with E-state index in [-0.39, 0.29) is 6.61 Å². The van der Waals surface area contributed by atoms with Crippen LogP contribution in [-0.4, -0.2) is 26.0 Å². The van der Waals surface area contributed by atoms with Crippen molar-refractivity contribution in [3.05, 3.63) is 48.4 Å². The van der Waals surface area contributed by atoms with Gasteiger partial charge >= 0.3 is 0 Å². The number of aliphatic hydroxyl groups is 1. The summed E-state index contributed by atoms with van der Waals surface area (Å²) in [6.45, 7) is 2.80. The van der Waals surface area contributed by atoms with Gasteiger partial charge in [0.25, 0.3) is 5.88 Å². The van der Waals surface area contributed by atoms with Gasteiger partial charge in [-0.2, -0.15) is 4.98 Å². The zero-order valence-electron chi connectivity index (χ0n) is 11.7. The van der Waals surface area contributed by atoms with Gasteiger partial charge in [-0.05, 0) is 24.6 Å². The minimum absolute atomic E-state index is 0.0128. The lowest BCUT2D eigenvalue weighted by Crippen LogP contribution is -2.03. The Morgan fingerprint density at radius 2 is 2.10 bits per heavy atom. The number of nitrogens with one attached hydrogen (secondary N) is 1. The summed E-state index contributed by atoms with van der Waals surface area (Å²) in [5.74, 6) is 1.82. The molecule has 0 amide bonds. The monoisotopic (exact) mass is 284 g/mol. The molecule has 0 fully saturated rings. The summed E-state index contributed by atoms with van der Waals surface area (Å²) in [6.07, 6.45) is 5.42.